The lowest BCUT2D eigenvalue weighted by atomic mass is 9.84. The Hall–Kier alpha value is -1.57. The van der Waals surface area contributed by atoms with Gasteiger partial charge in [-0.25, -0.2) is 4.57 Å². The van der Waals surface area contributed by atoms with Gasteiger partial charge in [0.05, 0.1) is 0 Å². The zero-order chi connectivity index (χ0) is 24.1. The van der Waals surface area contributed by atoms with Gasteiger partial charge in [-0.1, -0.05) is 140 Å². The topological polar surface area (TPSA) is 19.7 Å². The molecule has 0 aliphatic heterocycles. The van der Waals surface area contributed by atoms with Crippen LogP contribution in [-0.2, 0) is 6.42 Å². The molecule has 0 fully saturated rings. The van der Waals surface area contributed by atoms with Crippen LogP contribution in [0, 0.1) is 5.92 Å². The van der Waals surface area contributed by atoms with E-state index in [0.29, 0.717) is 12.0 Å². The second kappa shape index (κ2) is 19.7. The van der Waals surface area contributed by atoms with Crippen LogP contribution in [0.4, 0.5) is 0 Å². The summed E-state index contributed by atoms with van der Waals surface area (Å²) < 4.78 is 2.48. The number of nitrogens with one attached hydrogen (secondary N) is 1. The fraction of sp³-hybridized carbons (Fsp3) is 0.719. The van der Waals surface area contributed by atoms with E-state index in [1.807, 2.05) is 0 Å². The molecule has 0 saturated carbocycles. The van der Waals surface area contributed by atoms with Crippen molar-refractivity contribution in [3.05, 3.63) is 54.6 Å². The van der Waals surface area contributed by atoms with Gasteiger partial charge >= 0.3 is 0 Å². The van der Waals surface area contributed by atoms with Gasteiger partial charge in [0.2, 0.25) is 6.33 Å². The van der Waals surface area contributed by atoms with Gasteiger partial charge < -0.3 is 0 Å². The highest BCUT2D eigenvalue weighted by molar-refractivity contribution is 5.15. The molecule has 2 nitrogen and oxygen atoms in total. The fourth-order valence-corrected chi connectivity index (χ4v) is 5.51. The highest BCUT2D eigenvalue weighted by atomic mass is 15.1. The summed E-state index contributed by atoms with van der Waals surface area (Å²) in [5.41, 5.74) is 1.50. The number of aromatic amines is 1. The Kier molecular flexibility index (Phi) is 16.6. The van der Waals surface area contributed by atoms with Gasteiger partial charge in [-0.05, 0) is 31.2 Å². The number of H-pyrrole nitrogens is 1. The molecule has 2 aromatic rings. The second-order valence-corrected chi connectivity index (χ2v) is 10.6. The molecule has 0 aliphatic carbocycles. The third kappa shape index (κ3) is 12.8. The summed E-state index contributed by atoms with van der Waals surface area (Å²) >= 11 is 0. The molecule has 1 N–H and O–H groups in total. The first-order valence-corrected chi connectivity index (χ1v) is 14.9. The van der Waals surface area contributed by atoms with Crippen molar-refractivity contribution < 1.29 is 4.57 Å². The summed E-state index contributed by atoms with van der Waals surface area (Å²) in [4.78, 5) is 3.32. The minimum Gasteiger partial charge on any atom is -0.250 e. The van der Waals surface area contributed by atoms with Crippen molar-refractivity contribution in [2.45, 2.75) is 142 Å². The number of benzene rings is 1. The van der Waals surface area contributed by atoms with Gasteiger partial charge in [-0.15, -0.1) is 0 Å². The minimum absolute atomic E-state index is 0.608. The first kappa shape index (κ1) is 28.7. The van der Waals surface area contributed by atoms with Crippen molar-refractivity contribution >= 4 is 0 Å². The molecule has 34 heavy (non-hydrogen) atoms. The van der Waals surface area contributed by atoms with Crippen molar-refractivity contribution in [3.63, 3.8) is 0 Å². The fourth-order valence-electron chi connectivity index (χ4n) is 5.51. The third-order valence-electron chi connectivity index (χ3n) is 7.62. The highest BCUT2D eigenvalue weighted by Gasteiger charge is 2.26. The van der Waals surface area contributed by atoms with Gasteiger partial charge in [-0.3, -0.25) is 4.98 Å². The molecule has 2 rings (SSSR count). The Morgan fingerprint density at radius 2 is 1.18 bits per heavy atom. The number of rotatable bonds is 22. The molecule has 0 saturated heterocycles. The summed E-state index contributed by atoms with van der Waals surface area (Å²) in [6.45, 7) is 4.61. The maximum atomic E-state index is 3.32. The van der Waals surface area contributed by atoms with Gasteiger partial charge in [-0.2, -0.15) is 0 Å². The summed E-state index contributed by atoms with van der Waals surface area (Å²) in [6, 6.07) is 11.8. The maximum absolute atomic E-state index is 3.32. The quantitative estimate of drug-likeness (QED) is 0.131. The van der Waals surface area contributed by atoms with Crippen molar-refractivity contribution in [2.75, 3.05) is 0 Å². The zero-order valence-corrected chi connectivity index (χ0v) is 22.7. The van der Waals surface area contributed by atoms with E-state index in [-0.39, 0.29) is 0 Å². The number of nitrogens with zero attached hydrogens (tertiary/aromatic N) is 1. The van der Waals surface area contributed by atoms with Crippen LogP contribution in [0.2, 0.25) is 0 Å². The molecule has 2 heteroatoms. The molecule has 1 heterocycles. The maximum Gasteiger partial charge on any atom is 0.241 e. The van der Waals surface area contributed by atoms with Crippen molar-refractivity contribution in [2.24, 2.45) is 5.92 Å². The molecule has 0 amide bonds. The summed E-state index contributed by atoms with van der Waals surface area (Å²) in [5, 5.41) is 0. The van der Waals surface area contributed by atoms with E-state index < -0.39 is 0 Å². The van der Waals surface area contributed by atoms with E-state index in [2.05, 4.69) is 72.5 Å². The predicted molar refractivity (Wildman–Crippen MR) is 148 cm³/mol. The van der Waals surface area contributed by atoms with Gasteiger partial charge in [0.15, 0.2) is 0 Å². The van der Waals surface area contributed by atoms with Crippen LogP contribution in [-0.4, -0.2) is 4.98 Å². The van der Waals surface area contributed by atoms with E-state index in [1.165, 1.54) is 128 Å². The number of hydrogen-bond donors (Lipinski definition) is 1. The van der Waals surface area contributed by atoms with Crippen LogP contribution in [0.3, 0.4) is 0 Å². The predicted octanol–water partition coefficient (Wildman–Crippen LogP) is 9.76. The zero-order valence-electron chi connectivity index (χ0n) is 22.7. The Balaban J connectivity index is 1.86. The standard InChI is InChI=1S/C32H54N2/c1-3-5-7-9-11-12-14-15-20-24-31(28-30-22-18-17-19-23-30)32(34-27-26-33-29-34)25-21-16-13-10-8-6-4-2/h17-19,22-23,26-27,29,31-32H,3-16,20-21,24-25,28H2,1-2H3/p+1. The molecular formula is C32H55N2+. The lowest BCUT2D eigenvalue weighted by Gasteiger charge is -2.25. The van der Waals surface area contributed by atoms with Gasteiger partial charge in [0, 0.05) is 5.92 Å². The van der Waals surface area contributed by atoms with E-state index >= 15 is 0 Å². The van der Waals surface area contributed by atoms with Gasteiger partial charge in [0.1, 0.15) is 18.4 Å². The molecule has 0 aliphatic rings. The van der Waals surface area contributed by atoms with Crippen molar-refractivity contribution in [1.29, 1.82) is 0 Å². The Bertz CT molecular complexity index is 664. The smallest absolute Gasteiger partial charge is 0.241 e. The van der Waals surface area contributed by atoms with E-state index in [0.717, 1.165) is 0 Å². The van der Waals surface area contributed by atoms with Crippen LogP contribution >= 0.6 is 0 Å². The molecule has 0 bridgehead atoms. The monoisotopic (exact) mass is 467 g/mol. The lowest BCUT2D eigenvalue weighted by Crippen LogP contribution is -2.42. The van der Waals surface area contributed by atoms with Crippen molar-refractivity contribution in [1.82, 2.24) is 4.98 Å². The van der Waals surface area contributed by atoms with Crippen LogP contribution in [0.25, 0.3) is 0 Å². The van der Waals surface area contributed by atoms with E-state index in [1.54, 1.807) is 0 Å². The van der Waals surface area contributed by atoms with Crippen LogP contribution in [0.5, 0.6) is 0 Å². The molecular weight excluding hydrogens is 412 g/mol. The average molecular weight is 468 g/mol. The SMILES string of the molecule is CCCCCCCCCCCC(Cc1ccccc1)C(CCCCCCCCC)[n+]1cc[nH]c1. The first-order valence-electron chi connectivity index (χ1n) is 14.9. The van der Waals surface area contributed by atoms with E-state index in [4.69, 9.17) is 0 Å². The van der Waals surface area contributed by atoms with E-state index in [9.17, 15) is 0 Å². The molecule has 2 atom stereocenters. The first-order chi connectivity index (χ1) is 16.8. The average Bonchev–Trinajstić information content (AvgIpc) is 3.39. The number of aromatic nitrogens is 2. The second-order valence-electron chi connectivity index (χ2n) is 10.6. The van der Waals surface area contributed by atoms with Crippen LogP contribution in [0.1, 0.15) is 141 Å². The van der Waals surface area contributed by atoms with Gasteiger partial charge in [0.25, 0.3) is 0 Å². The van der Waals surface area contributed by atoms with Crippen LogP contribution < -0.4 is 4.57 Å². The summed E-state index contributed by atoms with van der Waals surface area (Å²) in [7, 11) is 0. The lowest BCUT2D eigenvalue weighted by molar-refractivity contribution is -0.730. The largest absolute Gasteiger partial charge is 0.250 e. The van der Waals surface area contributed by atoms with Crippen LogP contribution in [0.15, 0.2) is 49.1 Å². The Morgan fingerprint density at radius 1 is 0.647 bits per heavy atom. The summed E-state index contributed by atoms with van der Waals surface area (Å²) in [5.74, 6) is 0.716. The normalized spacial score (nSPS) is 13.2. The molecule has 192 valence electrons. The Morgan fingerprint density at radius 3 is 1.71 bits per heavy atom. The van der Waals surface area contributed by atoms with Crippen molar-refractivity contribution in [3.8, 4) is 0 Å². The number of hydrogen-bond acceptors (Lipinski definition) is 0. The molecule has 1 aromatic heterocycles. The third-order valence-corrected chi connectivity index (χ3v) is 7.62. The Labute approximate surface area is 212 Å². The minimum atomic E-state index is 0.608. The molecule has 0 radical (unpaired) electrons. The molecule has 1 aromatic carbocycles. The number of unbranched alkanes of at least 4 members (excludes halogenated alkanes) is 14. The molecule has 2 unspecified atom stereocenters. The number of imidazole rings is 1. The molecule has 0 spiro atoms. The highest BCUT2D eigenvalue weighted by Crippen LogP contribution is 2.29. The summed E-state index contributed by atoms with van der Waals surface area (Å²) in [6.07, 6.45) is 32.9.